The Morgan fingerprint density at radius 2 is 1.91 bits per heavy atom. The summed E-state index contributed by atoms with van der Waals surface area (Å²) in [5, 5.41) is 10.5. The van der Waals surface area contributed by atoms with Crippen molar-refractivity contribution in [2.24, 2.45) is 0 Å². The summed E-state index contributed by atoms with van der Waals surface area (Å²) in [6, 6.07) is 12.3. The number of nitrogens with zero attached hydrogens (tertiary/aromatic N) is 2. The molecule has 4 aromatic rings. The molecule has 0 aliphatic heterocycles. The average Bonchev–Trinajstić information content (AvgIpc) is 3.36. The first-order valence-electron chi connectivity index (χ1n) is 10.3. The Balaban J connectivity index is 1.58. The Morgan fingerprint density at radius 1 is 1.15 bits per heavy atom. The van der Waals surface area contributed by atoms with Gasteiger partial charge in [-0.05, 0) is 36.8 Å². The summed E-state index contributed by atoms with van der Waals surface area (Å²) >= 11 is 1.40. The highest BCUT2D eigenvalue weighted by Gasteiger charge is 2.30. The summed E-state index contributed by atoms with van der Waals surface area (Å²) in [4.78, 5) is 16.7. The third-order valence-corrected chi connectivity index (χ3v) is 6.28. The first kappa shape index (κ1) is 22.8. The van der Waals surface area contributed by atoms with E-state index in [1.54, 1.807) is 10.8 Å². The van der Waals surface area contributed by atoms with Crippen molar-refractivity contribution in [3.8, 4) is 16.3 Å². The number of hydrogen-bond donors (Lipinski definition) is 1. The summed E-state index contributed by atoms with van der Waals surface area (Å²) in [7, 11) is 0. The van der Waals surface area contributed by atoms with E-state index in [2.05, 4.69) is 4.98 Å². The van der Waals surface area contributed by atoms with Crippen LogP contribution in [0.5, 0.6) is 5.75 Å². The number of thiazole rings is 1. The lowest BCUT2D eigenvalue weighted by Crippen LogP contribution is -2.07. The lowest BCUT2D eigenvalue weighted by molar-refractivity contribution is -0.138. The Kier molecular flexibility index (Phi) is 6.42. The van der Waals surface area contributed by atoms with Crippen molar-refractivity contribution < 1.29 is 27.8 Å². The van der Waals surface area contributed by atoms with Gasteiger partial charge in [-0.15, -0.1) is 11.3 Å². The predicted molar refractivity (Wildman–Crippen MR) is 120 cm³/mol. The second-order valence-corrected chi connectivity index (χ2v) is 8.61. The molecule has 172 valence electrons. The van der Waals surface area contributed by atoms with E-state index in [1.807, 2.05) is 31.2 Å². The van der Waals surface area contributed by atoms with Gasteiger partial charge in [-0.3, -0.25) is 4.79 Å². The molecule has 0 fully saturated rings. The van der Waals surface area contributed by atoms with Gasteiger partial charge in [0.2, 0.25) is 0 Å². The van der Waals surface area contributed by atoms with Gasteiger partial charge < -0.3 is 14.4 Å². The number of aryl methyl sites for hydroxylation is 1. The fourth-order valence-electron chi connectivity index (χ4n) is 3.60. The van der Waals surface area contributed by atoms with Crippen molar-refractivity contribution in [2.75, 3.05) is 0 Å². The molecule has 0 aliphatic carbocycles. The van der Waals surface area contributed by atoms with Crippen LogP contribution in [0.2, 0.25) is 0 Å². The molecule has 2 heterocycles. The molecule has 0 radical (unpaired) electrons. The van der Waals surface area contributed by atoms with Gasteiger partial charge in [-0.2, -0.15) is 13.2 Å². The van der Waals surface area contributed by atoms with Crippen LogP contribution in [0.25, 0.3) is 21.5 Å². The molecule has 0 unspecified atom stereocenters. The molecule has 9 heteroatoms. The molecule has 0 bridgehead atoms. The smallest absolute Gasteiger partial charge is 0.416 e. The molecule has 5 nitrogen and oxygen atoms in total. The van der Waals surface area contributed by atoms with Crippen molar-refractivity contribution in [1.29, 1.82) is 0 Å². The van der Waals surface area contributed by atoms with Gasteiger partial charge in [-0.1, -0.05) is 31.5 Å². The fraction of sp³-hybridized carbons (Fsp3) is 0.250. The predicted octanol–water partition coefficient (Wildman–Crippen LogP) is 6.40. The number of halogens is 3. The minimum atomic E-state index is -4.38. The van der Waals surface area contributed by atoms with Crippen LogP contribution in [0.15, 0.2) is 54.7 Å². The minimum absolute atomic E-state index is 0.140. The van der Waals surface area contributed by atoms with E-state index in [-0.39, 0.29) is 13.2 Å². The highest BCUT2D eigenvalue weighted by Crippen LogP contribution is 2.34. The summed E-state index contributed by atoms with van der Waals surface area (Å²) in [6.45, 7) is 2.16. The van der Waals surface area contributed by atoms with E-state index in [9.17, 15) is 18.0 Å². The number of alkyl halides is 3. The zero-order valence-electron chi connectivity index (χ0n) is 17.7. The largest absolute Gasteiger partial charge is 0.487 e. The first-order chi connectivity index (χ1) is 15.8. The van der Waals surface area contributed by atoms with Crippen molar-refractivity contribution in [2.45, 2.75) is 39.1 Å². The number of rotatable bonds is 8. The topological polar surface area (TPSA) is 64.4 Å². The Morgan fingerprint density at radius 3 is 2.58 bits per heavy atom. The van der Waals surface area contributed by atoms with Crippen LogP contribution in [0.1, 0.15) is 29.5 Å². The molecule has 0 spiro atoms. The van der Waals surface area contributed by atoms with Gasteiger partial charge in [0, 0.05) is 17.1 Å². The molecule has 4 rings (SSSR count). The van der Waals surface area contributed by atoms with Crippen LogP contribution in [0, 0.1) is 0 Å². The van der Waals surface area contributed by atoms with E-state index >= 15 is 0 Å². The number of carbonyl (C=O) groups is 1. The molecule has 2 aromatic carbocycles. The lowest BCUT2D eigenvalue weighted by atomic mass is 10.1. The van der Waals surface area contributed by atoms with E-state index in [4.69, 9.17) is 9.84 Å². The van der Waals surface area contributed by atoms with Crippen LogP contribution >= 0.6 is 11.3 Å². The van der Waals surface area contributed by atoms with Crippen molar-refractivity contribution in [3.05, 3.63) is 70.9 Å². The number of fused-ring (bicyclic) bond motifs is 1. The average molecular weight is 475 g/mol. The number of benzene rings is 2. The second-order valence-electron chi connectivity index (χ2n) is 7.53. The minimum Gasteiger partial charge on any atom is -0.487 e. The van der Waals surface area contributed by atoms with Gasteiger partial charge in [0.1, 0.15) is 23.9 Å². The summed E-state index contributed by atoms with van der Waals surface area (Å²) in [5.74, 6) is -0.299. The van der Waals surface area contributed by atoms with Crippen LogP contribution in [0.3, 0.4) is 0 Å². The number of aliphatic carboxylic acids is 1. The zero-order chi connectivity index (χ0) is 23.6. The molecule has 0 atom stereocenters. The second kappa shape index (κ2) is 9.27. The third kappa shape index (κ3) is 5.03. The molecule has 33 heavy (non-hydrogen) atoms. The molecular formula is C24H21F3N2O3S. The molecule has 0 saturated carbocycles. The highest BCUT2D eigenvalue weighted by molar-refractivity contribution is 7.15. The van der Waals surface area contributed by atoms with Crippen LogP contribution in [-0.4, -0.2) is 20.6 Å². The normalized spacial score (nSPS) is 11.8. The third-order valence-electron chi connectivity index (χ3n) is 5.16. The van der Waals surface area contributed by atoms with Gasteiger partial charge in [0.05, 0.1) is 21.7 Å². The SMILES string of the molecule is CCCc1nc(-c2ccc(C(F)(F)F)cc2)sc1COc1cccc2c1ccn2CC(=O)O. The lowest BCUT2D eigenvalue weighted by Gasteiger charge is -2.08. The molecule has 1 N–H and O–H groups in total. The van der Waals surface area contributed by atoms with Crippen molar-refractivity contribution in [1.82, 2.24) is 9.55 Å². The summed E-state index contributed by atoms with van der Waals surface area (Å²) in [6.07, 6.45) is -1.06. The molecule has 0 aliphatic rings. The summed E-state index contributed by atoms with van der Waals surface area (Å²) < 4.78 is 46.3. The maximum absolute atomic E-state index is 12.9. The van der Waals surface area contributed by atoms with Gasteiger partial charge >= 0.3 is 12.1 Å². The van der Waals surface area contributed by atoms with E-state index < -0.39 is 17.7 Å². The van der Waals surface area contributed by atoms with Gasteiger partial charge in [0.25, 0.3) is 0 Å². The fourth-order valence-corrected chi connectivity index (χ4v) is 4.63. The van der Waals surface area contributed by atoms with E-state index in [0.29, 0.717) is 16.3 Å². The maximum atomic E-state index is 12.9. The van der Waals surface area contributed by atoms with Crippen molar-refractivity contribution >= 4 is 28.2 Å². The number of ether oxygens (including phenoxy) is 1. The van der Waals surface area contributed by atoms with Crippen molar-refractivity contribution in [3.63, 3.8) is 0 Å². The van der Waals surface area contributed by atoms with Gasteiger partial charge in [0.15, 0.2) is 0 Å². The molecule has 0 saturated heterocycles. The number of aromatic nitrogens is 2. The van der Waals surface area contributed by atoms with Crippen LogP contribution < -0.4 is 4.74 Å². The van der Waals surface area contributed by atoms with Crippen LogP contribution in [-0.2, 0) is 30.5 Å². The zero-order valence-corrected chi connectivity index (χ0v) is 18.5. The standard InChI is InChI=1S/C24H21F3N2O3S/c1-2-4-18-21(33-23(28-18)15-7-9-16(10-8-15)24(25,26)27)14-32-20-6-3-5-19-17(20)11-12-29(19)13-22(30)31/h3,5-12H,2,4,13-14H2,1H3,(H,30,31). The Labute approximate surface area is 192 Å². The molecule has 0 amide bonds. The quantitative estimate of drug-likeness (QED) is 0.321. The maximum Gasteiger partial charge on any atom is 0.416 e. The van der Waals surface area contributed by atoms with Gasteiger partial charge in [-0.25, -0.2) is 4.98 Å². The van der Waals surface area contributed by atoms with Crippen LogP contribution in [0.4, 0.5) is 13.2 Å². The van der Waals surface area contributed by atoms with E-state index in [1.165, 1.54) is 23.5 Å². The molecular weight excluding hydrogens is 453 g/mol. The number of hydrogen-bond acceptors (Lipinski definition) is 4. The number of carboxylic acid groups (broad SMARTS) is 1. The Hall–Kier alpha value is -3.33. The monoisotopic (exact) mass is 474 g/mol. The molecule has 2 aromatic heterocycles. The highest BCUT2D eigenvalue weighted by atomic mass is 32.1. The summed E-state index contributed by atoms with van der Waals surface area (Å²) in [5.41, 5.74) is 1.57. The Bertz CT molecular complexity index is 1280. The first-order valence-corrected chi connectivity index (χ1v) is 11.2. The van der Waals surface area contributed by atoms with E-state index in [0.717, 1.165) is 46.4 Å². The number of carboxylic acids is 1.